The van der Waals surface area contributed by atoms with Gasteiger partial charge in [-0.15, -0.1) is 0 Å². The minimum atomic E-state index is -0.000694. The Balaban J connectivity index is 1.83. The lowest BCUT2D eigenvalue weighted by molar-refractivity contribution is -0.173. The number of imidazole rings is 1. The van der Waals surface area contributed by atoms with E-state index in [4.69, 9.17) is 4.74 Å². The molecule has 2 fully saturated rings. The first-order chi connectivity index (χ1) is 9.30. The predicted octanol–water partition coefficient (Wildman–Crippen LogP) is 1.99. The zero-order valence-electron chi connectivity index (χ0n) is 10.9. The van der Waals surface area contributed by atoms with Gasteiger partial charge in [-0.25, -0.2) is 4.98 Å². The van der Waals surface area contributed by atoms with Gasteiger partial charge in [0.2, 0.25) is 0 Å². The number of aromatic nitrogens is 2. The summed E-state index contributed by atoms with van der Waals surface area (Å²) in [6.45, 7) is 1.72. The second kappa shape index (κ2) is 3.81. The first-order valence-electron chi connectivity index (χ1n) is 6.92. The van der Waals surface area contributed by atoms with Gasteiger partial charge in [-0.1, -0.05) is 12.5 Å². The molecular weight excluding hydrogens is 240 g/mol. The van der Waals surface area contributed by atoms with Crippen LogP contribution in [0.3, 0.4) is 0 Å². The van der Waals surface area contributed by atoms with Crippen molar-refractivity contribution in [2.45, 2.75) is 24.7 Å². The number of aromatic amines is 1. The maximum absolute atomic E-state index is 9.90. The summed E-state index contributed by atoms with van der Waals surface area (Å²) < 4.78 is 5.53. The van der Waals surface area contributed by atoms with Crippen LogP contribution in [0.1, 0.15) is 24.8 Å². The van der Waals surface area contributed by atoms with E-state index in [1.54, 1.807) is 6.33 Å². The van der Waals surface area contributed by atoms with Crippen molar-refractivity contribution in [1.82, 2.24) is 9.97 Å². The fraction of sp³-hybridized carbons (Fsp3) is 0.533. The molecule has 2 N–H and O–H groups in total. The molecule has 0 atom stereocenters. The van der Waals surface area contributed by atoms with Crippen molar-refractivity contribution < 1.29 is 9.84 Å². The normalized spacial score (nSPS) is 23.8. The van der Waals surface area contributed by atoms with Crippen molar-refractivity contribution in [3.8, 4) is 0 Å². The molecule has 4 nitrogen and oxygen atoms in total. The zero-order valence-corrected chi connectivity index (χ0v) is 10.9. The van der Waals surface area contributed by atoms with Crippen LogP contribution < -0.4 is 0 Å². The lowest BCUT2D eigenvalue weighted by atomic mass is 9.50. The van der Waals surface area contributed by atoms with Crippen LogP contribution in [0, 0.1) is 5.41 Å². The second-order valence-electron chi connectivity index (χ2n) is 6.00. The van der Waals surface area contributed by atoms with E-state index >= 15 is 0 Å². The minimum absolute atomic E-state index is 0.000694. The minimum Gasteiger partial charge on any atom is -0.396 e. The molecule has 1 saturated heterocycles. The standard InChI is InChI=1S/C15H18N2O2/c18-7-14(4-1-5-14)15(8-19-9-15)11-2-3-12-13(6-11)17-10-16-12/h2-3,6,10,18H,1,4-5,7-9H2,(H,16,17). The van der Waals surface area contributed by atoms with Gasteiger partial charge in [-0.2, -0.15) is 0 Å². The topological polar surface area (TPSA) is 58.1 Å². The van der Waals surface area contributed by atoms with Crippen molar-refractivity contribution in [3.05, 3.63) is 30.1 Å². The number of H-pyrrole nitrogens is 1. The van der Waals surface area contributed by atoms with E-state index in [2.05, 4.69) is 28.2 Å². The molecule has 100 valence electrons. The Morgan fingerprint density at radius 3 is 2.74 bits per heavy atom. The summed E-state index contributed by atoms with van der Waals surface area (Å²) >= 11 is 0. The fourth-order valence-corrected chi connectivity index (χ4v) is 3.71. The smallest absolute Gasteiger partial charge is 0.0931 e. The summed E-state index contributed by atoms with van der Waals surface area (Å²) in [5.41, 5.74) is 3.37. The molecule has 1 saturated carbocycles. The Morgan fingerprint density at radius 1 is 1.32 bits per heavy atom. The average Bonchev–Trinajstić information content (AvgIpc) is 2.78. The monoisotopic (exact) mass is 258 g/mol. The average molecular weight is 258 g/mol. The quantitative estimate of drug-likeness (QED) is 0.885. The van der Waals surface area contributed by atoms with Gasteiger partial charge in [0, 0.05) is 17.4 Å². The first kappa shape index (κ1) is 11.4. The molecule has 4 rings (SSSR count). The molecule has 0 bridgehead atoms. The van der Waals surface area contributed by atoms with Crippen molar-refractivity contribution >= 4 is 11.0 Å². The largest absolute Gasteiger partial charge is 0.396 e. The number of nitrogens with zero attached hydrogens (tertiary/aromatic N) is 1. The highest BCUT2D eigenvalue weighted by molar-refractivity contribution is 5.75. The third kappa shape index (κ3) is 1.33. The van der Waals surface area contributed by atoms with E-state index in [0.717, 1.165) is 37.1 Å². The fourth-order valence-electron chi connectivity index (χ4n) is 3.71. The molecule has 1 aliphatic carbocycles. The maximum atomic E-state index is 9.90. The SMILES string of the molecule is OCC1(C2(c3ccc4nc[nH]c4c3)COC2)CCC1. The Morgan fingerprint density at radius 2 is 2.16 bits per heavy atom. The van der Waals surface area contributed by atoms with Gasteiger partial charge in [0.1, 0.15) is 0 Å². The number of aliphatic hydroxyl groups is 1. The van der Waals surface area contributed by atoms with Gasteiger partial charge >= 0.3 is 0 Å². The highest BCUT2D eigenvalue weighted by atomic mass is 16.5. The summed E-state index contributed by atoms with van der Waals surface area (Å²) in [7, 11) is 0. The van der Waals surface area contributed by atoms with Crippen LogP contribution in [0.5, 0.6) is 0 Å². The van der Waals surface area contributed by atoms with E-state index in [9.17, 15) is 5.11 Å². The van der Waals surface area contributed by atoms with Gasteiger partial charge in [0.05, 0.1) is 30.6 Å². The van der Waals surface area contributed by atoms with Gasteiger partial charge < -0.3 is 14.8 Å². The van der Waals surface area contributed by atoms with Gasteiger partial charge in [0.25, 0.3) is 0 Å². The lowest BCUT2D eigenvalue weighted by Crippen LogP contribution is -2.63. The Labute approximate surface area is 111 Å². The van der Waals surface area contributed by atoms with Crippen LogP contribution in [-0.2, 0) is 10.2 Å². The number of nitrogens with one attached hydrogen (secondary N) is 1. The molecule has 2 heterocycles. The van der Waals surface area contributed by atoms with Gasteiger partial charge in [-0.3, -0.25) is 0 Å². The van der Waals surface area contributed by atoms with Crippen LogP contribution >= 0.6 is 0 Å². The van der Waals surface area contributed by atoms with Gasteiger partial charge in [0.15, 0.2) is 0 Å². The van der Waals surface area contributed by atoms with Crippen LogP contribution in [0.15, 0.2) is 24.5 Å². The highest BCUT2D eigenvalue weighted by Gasteiger charge is 2.59. The van der Waals surface area contributed by atoms with E-state index in [0.29, 0.717) is 0 Å². The highest BCUT2D eigenvalue weighted by Crippen LogP contribution is 2.58. The molecule has 0 unspecified atom stereocenters. The Hall–Kier alpha value is -1.39. The van der Waals surface area contributed by atoms with Crippen LogP contribution in [0.4, 0.5) is 0 Å². The number of benzene rings is 1. The van der Waals surface area contributed by atoms with Crippen molar-refractivity contribution in [1.29, 1.82) is 0 Å². The number of rotatable bonds is 3. The molecule has 0 radical (unpaired) electrons. The summed E-state index contributed by atoms with van der Waals surface area (Å²) in [4.78, 5) is 7.44. The van der Waals surface area contributed by atoms with E-state index in [1.165, 1.54) is 12.0 Å². The molecule has 19 heavy (non-hydrogen) atoms. The molecular formula is C15H18N2O2. The van der Waals surface area contributed by atoms with Crippen LogP contribution in [0.25, 0.3) is 11.0 Å². The van der Waals surface area contributed by atoms with Gasteiger partial charge in [-0.05, 0) is 30.5 Å². The maximum Gasteiger partial charge on any atom is 0.0931 e. The number of hydrogen-bond acceptors (Lipinski definition) is 3. The van der Waals surface area contributed by atoms with E-state index in [1.807, 2.05) is 0 Å². The molecule has 1 aliphatic heterocycles. The third-order valence-electron chi connectivity index (χ3n) is 5.30. The van der Waals surface area contributed by atoms with Crippen molar-refractivity contribution in [3.63, 3.8) is 0 Å². The molecule has 0 spiro atoms. The molecule has 2 aromatic rings. The molecule has 1 aromatic carbocycles. The number of ether oxygens (including phenoxy) is 1. The summed E-state index contributed by atoms with van der Waals surface area (Å²) in [6, 6.07) is 6.40. The van der Waals surface area contributed by atoms with Crippen molar-refractivity contribution in [2.24, 2.45) is 5.41 Å². The molecule has 2 aliphatic rings. The lowest BCUT2D eigenvalue weighted by Gasteiger charge is -2.59. The Bertz CT molecular complexity index is 606. The second-order valence-corrected chi connectivity index (χ2v) is 6.00. The van der Waals surface area contributed by atoms with E-state index in [-0.39, 0.29) is 17.4 Å². The molecule has 1 aromatic heterocycles. The molecule has 4 heteroatoms. The third-order valence-corrected chi connectivity index (χ3v) is 5.30. The number of fused-ring (bicyclic) bond motifs is 1. The summed E-state index contributed by atoms with van der Waals surface area (Å²) in [5, 5.41) is 9.90. The van der Waals surface area contributed by atoms with E-state index < -0.39 is 0 Å². The Kier molecular flexibility index (Phi) is 2.29. The van der Waals surface area contributed by atoms with Crippen LogP contribution in [0.2, 0.25) is 0 Å². The molecule has 0 amide bonds. The number of aliphatic hydroxyl groups excluding tert-OH is 1. The zero-order chi connectivity index (χ0) is 12.9. The van der Waals surface area contributed by atoms with Crippen molar-refractivity contribution in [2.75, 3.05) is 19.8 Å². The first-order valence-corrected chi connectivity index (χ1v) is 6.92. The predicted molar refractivity (Wildman–Crippen MR) is 72.0 cm³/mol. The summed E-state index contributed by atoms with van der Waals surface area (Å²) in [6.07, 6.45) is 5.15. The summed E-state index contributed by atoms with van der Waals surface area (Å²) in [5.74, 6) is 0. The number of hydrogen-bond donors (Lipinski definition) is 2. The van der Waals surface area contributed by atoms with Crippen LogP contribution in [-0.4, -0.2) is 34.9 Å².